The number of allylic oxidation sites excluding steroid dienone is 10. The lowest BCUT2D eigenvalue weighted by Gasteiger charge is -2.26. The molecule has 2 spiro atoms. The normalized spacial score (nSPS) is 27.2. The van der Waals surface area contributed by atoms with Crippen LogP contribution in [0.3, 0.4) is 0 Å². The molecule has 0 radical (unpaired) electrons. The summed E-state index contributed by atoms with van der Waals surface area (Å²) in [7, 11) is 4.13. The van der Waals surface area contributed by atoms with Crippen molar-refractivity contribution in [3.8, 4) is 0 Å². The van der Waals surface area contributed by atoms with Crippen LogP contribution in [-0.4, -0.2) is 97.7 Å². The Balaban J connectivity index is 1.29. The van der Waals surface area contributed by atoms with Gasteiger partial charge in [-0.15, -0.1) is 0 Å². The van der Waals surface area contributed by atoms with Gasteiger partial charge in [0, 0.05) is 57.0 Å². The van der Waals surface area contributed by atoms with Crippen LogP contribution >= 0.6 is 0 Å². The molecular formula is C47H67N3O8. The zero-order chi connectivity index (χ0) is 41.0. The van der Waals surface area contributed by atoms with Crippen LogP contribution in [0.1, 0.15) is 95.6 Å². The molecular weight excluding hydrogens is 735 g/mol. The molecule has 0 saturated carbocycles. The minimum Gasteiger partial charge on any atom is -0.461 e. The van der Waals surface area contributed by atoms with Gasteiger partial charge >= 0.3 is 11.9 Å². The number of cyclic esters (lactones) is 2. The van der Waals surface area contributed by atoms with E-state index in [9.17, 15) is 9.59 Å². The molecule has 11 nitrogen and oxygen atoms in total. The van der Waals surface area contributed by atoms with Crippen LogP contribution in [0.4, 0.5) is 0 Å². The van der Waals surface area contributed by atoms with Gasteiger partial charge in [-0.2, -0.15) is 0 Å². The Morgan fingerprint density at radius 3 is 1.52 bits per heavy atom. The van der Waals surface area contributed by atoms with Gasteiger partial charge < -0.3 is 38.3 Å². The number of esters is 2. The zero-order valence-corrected chi connectivity index (χ0v) is 34.8. The number of aromatic nitrogens is 2. The number of carbonyl (C=O) groups excluding carboxylic acids is 2. The third kappa shape index (κ3) is 19.5. The second kappa shape index (κ2) is 27.5. The fraction of sp³-hybridized carbons (Fsp3) is 0.553. The van der Waals surface area contributed by atoms with Gasteiger partial charge in [0.05, 0.1) is 31.7 Å². The summed E-state index contributed by atoms with van der Waals surface area (Å²) in [6.45, 7) is 2.57. The van der Waals surface area contributed by atoms with E-state index in [4.69, 9.17) is 28.4 Å². The van der Waals surface area contributed by atoms with E-state index in [0.717, 1.165) is 44.3 Å². The number of ether oxygens (including phenoxy) is 6. The van der Waals surface area contributed by atoms with Gasteiger partial charge in [-0.1, -0.05) is 97.2 Å². The smallest absolute Gasteiger partial charge is 0.306 e. The summed E-state index contributed by atoms with van der Waals surface area (Å²) in [6, 6.07) is 0. The minimum absolute atomic E-state index is 0.00384. The molecule has 4 rings (SSSR count). The van der Waals surface area contributed by atoms with E-state index in [2.05, 4.69) is 89.7 Å². The summed E-state index contributed by atoms with van der Waals surface area (Å²) >= 11 is 0. The predicted octanol–water partition coefficient (Wildman–Crippen LogP) is 8.75. The van der Waals surface area contributed by atoms with Crippen LogP contribution in [0.15, 0.2) is 110 Å². The lowest BCUT2D eigenvalue weighted by atomic mass is 10.1. The number of aromatic amines is 1. The molecule has 2 atom stereocenters. The van der Waals surface area contributed by atoms with Crippen LogP contribution in [0, 0.1) is 0 Å². The molecule has 0 amide bonds. The standard InChI is InChI=1S/C47H67N3O8/c1-50(2)34-29-43-39-56-47(58-43)32-19-11-5-3-9-17-25-44(51)53-35-23-15-7-13-21-30-46(55-38-42(57-46)28-27-41-37-48-40-49-41)31-22-14-8-16-24-36-54-45(52)26-18-10-4-6-12-20-33-47/h3-4,9-16,19-24,37,40,42-43H,5-8,17-18,25-36,38-39H2,1-2H3,(H,48,49). The van der Waals surface area contributed by atoms with Crippen molar-refractivity contribution in [3.05, 3.63) is 115 Å². The van der Waals surface area contributed by atoms with Crippen molar-refractivity contribution in [2.75, 3.05) is 47.1 Å². The summed E-state index contributed by atoms with van der Waals surface area (Å²) in [5.74, 6) is -1.82. The molecule has 1 aromatic rings. The lowest BCUT2D eigenvalue weighted by molar-refractivity contribution is -0.163. The Bertz CT molecular complexity index is 1480. The van der Waals surface area contributed by atoms with Crippen molar-refractivity contribution in [2.45, 2.75) is 120 Å². The number of carbonyl (C=O) groups is 2. The zero-order valence-electron chi connectivity index (χ0n) is 34.8. The van der Waals surface area contributed by atoms with Gasteiger partial charge in [-0.05, 0) is 71.9 Å². The summed E-state index contributed by atoms with van der Waals surface area (Å²) in [5.41, 5.74) is 1.08. The van der Waals surface area contributed by atoms with E-state index in [1.807, 2.05) is 42.7 Å². The van der Waals surface area contributed by atoms with Crippen molar-refractivity contribution in [2.24, 2.45) is 0 Å². The maximum Gasteiger partial charge on any atom is 0.306 e. The largest absolute Gasteiger partial charge is 0.461 e. The Morgan fingerprint density at radius 2 is 1.07 bits per heavy atom. The average Bonchev–Trinajstić information content (AvgIpc) is 3.98. The molecule has 1 N–H and O–H groups in total. The lowest BCUT2D eigenvalue weighted by Crippen LogP contribution is -2.30. The van der Waals surface area contributed by atoms with Gasteiger partial charge in [-0.25, -0.2) is 4.98 Å². The van der Waals surface area contributed by atoms with Gasteiger partial charge in [0.15, 0.2) is 11.6 Å². The number of hydrogen-bond donors (Lipinski definition) is 1. The monoisotopic (exact) mass is 801 g/mol. The highest BCUT2D eigenvalue weighted by Crippen LogP contribution is 2.34. The van der Waals surface area contributed by atoms with Gasteiger partial charge in [-0.3, -0.25) is 9.59 Å². The van der Waals surface area contributed by atoms with Gasteiger partial charge in [0.25, 0.3) is 0 Å². The molecule has 4 heterocycles. The van der Waals surface area contributed by atoms with E-state index in [0.29, 0.717) is 77.4 Å². The highest BCUT2D eigenvalue weighted by molar-refractivity contribution is 5.70. The summed E-state index contributed by atoms with van der Waals surface area (Å²) in [4.78, 5) is 33.9. The first-order valence-corrected chi connectivity index (χ1v) is 21.1. The van der Waals surface area contributed by atoms with Gasteiger partial charge in [0.2, 0.25) is 0 Å². The minimum atomic E-state index is -0.729. The molecule has 3 aliphatic rings. The number of rotatable bonds is 6. The summed E-state index contributed by atoms with van der Waals surface area (Å²) in [5, 5.41) is 0. The SMILES string of the molecule is CN(C)CCC1COC2(CC=CCC=CCCC(=O)OCC=CCC=CCC3(CC=CCC=CCOC(=O)CCC=CCC=CC2)OCC(CCc2cnc[nH]2)O3)O1. The van der Waals surface area contributed by atoms with E-state index in [-0.39, 0.29) is 37.4 Å². The maximum atomic E-state index is 12.3. The third-order valence-electron chi connectivity index (χ3n) is 9.87. The van der Waals surface area contributed by atoms with Crippen LogP contribution in [0.25, 0.3) is 0 Å². The maximum absolute atomic E-state index is 12.3. The summed E-state index contributed by atoms with van der Waals surface area (Å²) in [6.07, 6.45) is 46.4. The number of imidazole rings is 1. The number of aryl methyl sites for hydroxylation is 1. The number of hydrogen-bond acceptors (Lipinski definition) is 10. The fourth-order valence-corrected chi connectivity index (χ4v) is 6.59. The molecule has 0 aliphatic carbocycles. The molecule has 318 valence electrons. The van der Waals surface area contributed by atoms with Crippen LogP contribution in [0.5, 0.6) is 0 Å². The second-order valence-corrected chi connectivity index (χ2v) is 15.1. The van der Waals surface area contributed by atoms with Crippen LogP contribution in [-0.2, 0) is 44.4 Å². The highest BCUT2D eigenvalue weighted by Gasteiger charge is 2.40. The Hall–Kier alpha value is -4.13. The number of nitrogens with zero attached hydrogens (tertiary/aromatic N) is 2. The van der Waals surface area contributed by atoms with E-state index in [1.165, 1.54) is 0 Å². The van der Waals surface area contributed by atoms with Crippen molar-refractivity contribution in [3.63, 3.8) is 0 Å². The Labute approximate surface area is 346 Å². The first-order chi connectivity index (χ1) is 28.4. The molecule has 11 heteroatoms. The highest BCUT2D eigenvalue weighted by atomic mass is 16.7. The van der Waals surface area contributed by atoms with Crippen LogP contribution < -0.4 is 0 Å². The molecule has 58 heavy (non-hydrogen) atoms. The van der Waals surface area contributed by atoms with Crippen molar-refractivity contribution in [1.82, 2.24) is 14.9 Å². The molecule has 2 unspecified atom stereocenters. The first kappa shape index (κ1) is 46.6. The number of H-pyrrole nitrogens is 1. The molecule has 2 saturated heterocycles. The van der Waals surface area contributed by atoms with Crippen molar-refractivity contribution < 1.29 is 38.0 Å². The topological polar surface area (TPSA) is 121 Å². The predicted molar refractivity (Wildman–Crippen MR) is 228 cm³/mol. The molecule has 1 aromatic heterocycles. The van der Waals surface area contributed by atoms with Crippen molar-refractivity contribution >= 4 is 11.9 Å². The third-order valence-corrected chi connectivity index (χ3v) is 9.87. The number of nitrogens with one attached hydrogen (secondary N) is 1. The Morgan fingerprint density at radius 1 is 0.621 bits per heavy atom. The quantitative estimate of drug-likeness (QED) is 0.221. The van der Waals surface area contributed by atoms with Gasteiger partial charge in [0.1, 0.15) is 13.2 Å². The molecule has 0 aromatic carbocycles. The molecule has 2 fully saturated rings. The molecule has 3 aliphatic heterocycles. The molecule has 0 bridgehead atoms. The second-order valence-electron chi connectivity index (χ2n) is 15.1. The fourth-order valence-electron chi connectivity index (χ4n) is 6.59. The van der Waals surface area contributed by atoms with E-state index < -0.39 is 11.6 Å². The van der Waals surface area contributed by atoms with E-state index in [1.54, 1.807) is 6.33 Å². The average molecular weight is 802 g/mol. The van der Waals surface area contributed by atoms with Crippen LogP contribution in [0.2, 0.25) is 0 Å². The first-order valence-electron chi connectivity index (χ1n) is 21.1. The summed E-state index contributed by atoms with van der Waals surface area (Å²) < 4.78 is 36.4. The van der Waals surface area contributed by atoms with Crippen molar-refractivity contribution in [1.29, 1.82) is 0 Å². The Kier molecular flexibility index (Phi) is 22.1. The van der Waals surface area contributed by atoms with E-state index >= 15 is 0 Å².